The summed E-state index contributed by atoms with van der Waals surface area (Å²) in [6.45, 7) is 3.42. The molecule has 0 aromatic carbocycles. The van der Waals surface area contributed by atoms with Crippen molar-refractivity contribution in [1.82, 2.24) is 5.32 Å². The molecular formula is C51H99NO10. The van der Waals surface area contributed by atoms with Gasteiger partial charge in [-0.25, -0.2) is 0 Å². The van der Waals surface area contributed by atoms with E-state index in [0.29, 0.717) is 12.8 Å². The van der Waals surface area contributed by atoms with Gasteiger partial charge in [0.2, 0.25) is 5.91 Å². The zero-order valence-electron chi connectivity index (χ0n) is 39.9. The summed E-state index contributed by atoms with van der Waals surface area (Å²) in [6.07, 6.45) is 34.3. The molecule has 62 heavy (non-hydrogen) atoms. The normalized spacial score (nSPS) is 21.3. The van der Waals surface area contributed by atoms with Gasteiger partial charge in [0.1, 0.15) is 36.6 Å². The Morgan fingerprint density at radius 1 is 0.548 bits per heavy atom. The quantitative estimate of drug-likeness (QED) is 0.0216. The zero-order chi connectivity index (χ0) is 45.5. The smallest absolute Gasteiger partial charge is 0.249 e. The topological polar surface area (TPSA) is 189 Å². The van der Waals surface area contributed by atoms with Crippen molar-refractivity contribution in [2.45, 2.75) is 294 Å². The summed E-state index contributed by atoms with van der Waals surface area (Å²) >= 11 is 0. The van der Waals surface area contributed by atoms with Crippen LogP contribution in [0.4, 0.5) is 0 Å². The van der Waals surface area contributed by atoms with Gasteiger partial charge in [-0.1, -0.05) is 212 Å². The lowest BCUT2D eigenvalue weighted by atomic mass is 9.98. The third kappa shape index (κ3) is 30.1. The number of carbonyl (C=O) groups excluding carboxylic acids is 1. The van der Waals surface area contributed by atoms with Gasteiger partial charge in [-0.3, -0.25) is 4.79 Å². The first kappa shape index (κ1) is 58.9. The van der Waals surface area contributed by atoms with Gasteiger partial charge < -0.3 is 50.5 Å². The number of carbonyl (C=O) groups is 1. The van der Waals surface area contributed by atoms with Crippen molar-refractivity contribution in [2.24, 2.45) is 0 Å². The molecule has 0 saturated carbocycles. The number of nitrogens with one attached hydrogen (secondary N) is 1. The van der Waals surface area contributed by atoms with Gasteiger partial charge in [-0.15, -0.1) is 0 Å². The standard InChI is InChI=1S/C51H99NO10/c1-3-5-7-9-11-13-15-16-17-18-19-20-21-22-23-24-25-26-27-28-29-31-32-34-36-38-43(54)46(56)42(41-61-51-49(59)48(58)47(57)45(40-53)62-51)52-50(60)44(55)39-37-35-33-30-14-12-10-8-6-4-2/h31-32,42-49,51,53-59H,3-30,33-41H2,1-2H3,(H,52,60)/b32-31+. The van der Waals surface area contributed by atoms with E-state index in [2.05, 4.69) is 31.3 Å². The van der Waals surface area contributed by atoms with Crippen LogP contribution in [0.25, 0.3) is 0 Å². The molecule has 1 aliphatic rings. The molecule has 0 spiro atoms. The maximum Gasteiger partial charge on any atom is 0.249 e. The van der Waals surface area contributed by atoms with E-state index in [0.717, 1.165) is 38.5 Å². The molecule has 0 aliphatic carbocycles. The number of allylic oxidation sites excluding steroid dienone is 2. The second-order valence-corrected chi connectivity index (χ2v) is 18.6. The molecule has 11 heteroatoms. The Morgan fingerprint density at radius 2 is 0.952 bits per heavy atom. The van der Waals surface area contributed by atoms with E-state index in [1.807, 2.05) is 0 Å². The van der Waals surface area contributed by atoms with E-state index in [1.54, 1.807) is 0 Å². The van der Waals surface area contributed by atoms with Crippen LogP contribution in [-0.2, 0) is 14.3 Å². The summed E-state index contributed by atoms with van der Waals surface area (Å²) in [4.78, 5) is 13.1. The Balaban J connectivity index is 2.32. The number of aliphatic hydroxyl groups excluding tert-OH is 7. The number of rotatable bonds is 44. The van der Waals surface area contributed by atoms with E-state index in [4.69, 9.17) is 9.47 Å². The lowest BCUT2D eigenvalue weighted by molar-refractivity contribution is -0.303. The summed E-state index contributed by atoms with van der Waals surface area (Å²) < 4.78 is 11.1. The molecule has 0 bridgehead atoms. The minimum Gasteiger partial charge on any atom is -0.394 e. The van der Waals surface area contributed by atoms with Crippen molar-refractivity contribution in [3.05, 3.63) is 12.2 Å². The van der Waals surface area contributed by atoms with Gasteiger partial charge in [0.05, 0.1) is 25.4 Å². The minimum absolute atomic E-state index is 0.257. The molecule has 0 aromatic heterocycles. The minimum atomic E-state index is -1.66. The molecule has 1 fully saturated rings. The summed E-state index contributed by atoms with van der Waals surface area (Å²) in [6, 6.07) is -1.18. The molecule has 1 rings (SSSR count). The number of unbranched alkanes of at least 4 members (excludes halogenated alkanes) is 30. The summed E-state index contributed by atoms with van der Waals surface area (Å²) in [5.74, 6) is -0.706. The van der Waals surface area contributed by atoms with Crippen LogP contribution in [0, 0.1) is 0 Å². The highest BCUT2D eigenvalue weighted by molar-refractivity contribution is 5.80. The molecule has 9 unspecified atom stereocenters. The first-order chi connectivity index (χ1) is 30.2. The van der Waals surface area contributed by atoms with Gasteiger partial charge in [0, 0.05) is 0 Å². The van der Waals surface area contributed by atoms with Crippen molar-refractivity contribution >= 4 is 5.91 Å². The summed E-state index contributed by atoms with van der Waals surface area (Å²) in [5, 5.41) is 75.7. The van der Waals surface area contributed by atoms with Crippen LogP contribution < -0.4 is 5.32 Å². The molecule has 9 atom stereocenters. The Hall–Kier alpha value is -1.15. The number of hydrogen-bond donors (Lipinski definition) is 8. The maximum absolute atomic E-state index is 13.1. The molecule has 8 N–H and O–H groups in total. The number of hydrogen-bond acceptors (Lipinski definition) is 10. The fourth-order valence-corrected chi connectivity index (χ4v) is 8.50. The Kier molecular flexibility index (Phi) is 39.2. The van der Waals surface area contributed by atoms with Gasteiger partial charge in [0.25, 0.3) is 0 Å². The highest BCUT2D eigenvalue weighted by atomic mass is 16.7. The largest absolute Gasteiger partial charge is 0.394 e. The van der Waals surface area contributed by atoms with Crippen LogP contribution in [-0.4, -0.2) is 110 Å². The lowest BCUT2D eigenvalue weighted by Gasteiger charge is -2.40. The van der Waals surface area contributed by atoms with E-state index < -0.39 is 74.2 Å². The molecule has 0 aromatic rings. The third-order valence-electron chi connectivity index (χ3n) is 12.8. The average Bonchev–Trinajstić information content (AvgIpc) is 3.27. The highest BCUT2D eigenvalue weighted by Gasteiger charge is 2.44. The lowest BCUT2D eigenvalue weighted by Crippen LogP contribution is -2.60. The molecule has 1 aliphatic heterocycles. The monoisotopic (exact) mass is 886 g/mol. The predicted molar refractivity (Wildman–Crippen MR) is 252 cm³/mol. The molecule has 11 nitrogen and oxygen atoms in total. The third-order valence-corrected chi connectivity index (χ3v) is 12.8. The summed E-state index contributed by atoms with van der Waals surface area (Å²) in [7, 11) is 0. The molecule has 1 saturated heterocycles. The predicted octanol–water partition coefficient (Wildman–Crippen LogP) is 9.62. The molecule has 1 amide bonds. The maximum atomic E-state index is 13.1. The number of aliphatic hydroxyl groups is 7. The zero-order valence-corrected chi connectivity index (χ0v) is 39.9. The van der Waals surface area contributed by atoms with Crippen LogP contribution in [0.5, 0.6) is 0 Å². The van der Waals surface area contributed by atoms with Crippen LogP contribution >= 0.6 is 0 Å². The molecule has 1 heterocycles. The van der Waals surface area contributed by atoms with Crippen molar-refractivity contribution in [2.75, 3.05) is 13.2 Å². The van der Waals surface area contributed by atoms with Crippen molar-refractivity contribution in [3.8, 4) is 0 Å². The first-order valence-electron chi connectivity index (χ1n) is 26.1. The highest BCUT2D eigenvalue weighted by Crippen LogP contribution is 2.23. The fourth-order valence-electron chi connectivity index (χ4n) is 8.50. The Bertz CT molecular complexity index is 1020. The molecular weight excluding hydrogens is 787 g/mol. The van der Waals surface area contributed by atoms with Crippen molar-refractivity contribution < 1.29 is 50.0 Å². The van der Waals surface area contributed by atoms with Crippen LogP contribution in [0.1, 0.15) is 239 Å². The first-order valence-corrected chi connectivity index (χ1v) is 26.1. The average molecular weight is 886 g/mol. The van der Waals surface area contributed by atoms with Crippen molar-refractivity contribution in [3.63, 3.8) is 0 Å². The molecule has 0 radical (unpaired) electrons. The van der Waals surface area contributed by atoms with Crippen LogP contribution in [0.3, 0.4) is 0 Å². The van der Waals surface area contributed by atoms with E-state index in [9.17, 15) is 40.5 Å². The Labute approximate surface area is 379 Å². The van der Waals surface area contributed by atoms with Gasteiger partial charge in [-0.05, 0) is 38.5 Å². The van der Waals surface area contributed by atoms with E-state index in [-0.39, 0.29) is 12.8 Å². The second kappa shape index (κ2) is 41.3. The van der Waals surface area contributed by atoms with E-state index in [1.165, 1.54) is 161 Å². The van der Waals surface area contributed by atoms with Crippen LogP contribution in [0.2, 0.25) is 0 Å². The number of amides is 1. The van der Waals surface area contributed by atoms with E-state index >= 15 is 0 Å². The summed E-state index contributed by atoms with van der Waals surface area (Å²) in [5.41, 5.74) is 0. The number of ether oxygens (including phenoxy) is 2. The fraction of sp³-hybridized carbons (Fsp3) is 0.941. The van der Waals surface area contributed by atoms with Gasteiger partial charge >= 0.3 is 0 Å². The SMILES string of the molecule is CCCCCCCCCCCCCCCCCCCCCC/C=C/CCCC(O)C(O)C(COC1OC(CO)C(O)C(O)C1O)NC(=O)C(O)CCCCCCCCCCCC. The molecule has 368 valence electrons. The van der Waals surface area contributed by atoms with Crippen LogP contribution in [0.15, 0.2) is 12.2 Å². The van der Waals surface area contributed by atoms with Gasteiger partial charge in [0.15, 0.2) is 6.29 Å². The second-order valence-electron chi connectivity index (χ2n) is 18.6. The van der Waals surface area contributed by atoms with Gasteiger partial charge in [-0.2, -0.15) is 0 Å². The Morgan fingerprint density at radius 3 is 1.39 bits per heavy atom. The van der Waals surface area contributed by atoms with Crippen molar-refractivity contribution in [1.29, 1.82) is 0 Å².